The molecule has 0 bridgehead atoms. The maximum absolute atomic E-state index is 12.4. The van der Waals surface area contributed by atoms with Gasteiger partial charge in [-0.25, -0.2) is 4.79 Å². The number of halogens is 3. The molecule has 12 heteroatoms. The van der Waals surface area contributed by atoms with E-state index in [2.05, 4.69) is 15.5 Å². The number of nitrogens with zero attached hydrogens (tertiary/aromatic N) is 3. The maximum Gasteiger partial charge on any atom is 0.490 e. The Kier molecular flexibility index (Phi) is 7.24. The summed E-state index contributed by atoms with van der Waals surface area (Å²) >= 11 is 0. The van der Waals surface area contributed by atoms with Crippen LogP contribution < -0.4 is 5.32 Å². The first-order valence-corrected chi connectivity index (χ1v) is 9.41. The van der Waals surface area contributed by atoms with Crippen LogP contribution in [0.5, 0.6) is 0 Å². The monoisotopic (exact) mass is 444 g/mol. The molecular formula is C19H23F3N4O5. The number of likely N-dealkylation sites (tertiary alicyclic amines) is 1. The minimum atomic E-state index is -5.08. The molecule has 3 heterocycles. The van der Waals surface area contributed by atoms with Crippen molar-refractivity contribution in [2.45, 2.75) is 45.4 Å². The number of hydrogen-bond donors (Lipinski definition) is 2. The molecule has 2 aliphatic heterocycles. The highest BCUT2D eigenvalue weighted by Gasteiger charge is 2.48. The zero-order chi connectivity index (χ0) is 23.4. The molecule has 3 rings (SSSR count). The number of nitrogens with one attached hydrogen (secondary N) is 1. The van der Waals surface area contributed by atoms with E-state index < -0.39 is 17.7 Å². The van der Waals surface area contributed by atoms with Crippen LogP contribution in [0, 0.1) is 12.8 Å². The Balaban J connectivity index is 0.000000423. The molecular weight excluding hydrogens is 421 g/mol. The van der Waals surface area contributed by atoms with Gasteiger partial charge in [-0.3, -0.25) is 14.6 Å². The second kappa shape index (κ2) is 9.31. The summed E-state index contributed by atoms with van der Waals surface area (Å²) < 4.78 is 31.7. The van der Waals surface area contributed by atoms with Crippen molar-refractivity contribution in [3.05, 3.63) is 24.0 Å². The van der Waals surface area contributed by atoms with Gasteiger partial charge in [-0.15, -0.1) is 0 Å². The molecule has 9 nitrogen and oxygen atoms in total. The Morgan fingerprint density at radius 1 is 1.32 bits per heavy atom. The average molecular weight is 444 g/mol. The lowest BCUT2D eigenvalue weighted by Gasteiger charge is -2.22. The number of anilines is 1. The van der Waals surface area contributed by atoms with Crippen molar-refractivity contribution < 1.29 is 37.5 Å². The Morgan fingerprint density at radius 3 is 2.52 bits per heavy atom. The number of aryl methyl sites for hydroxylation is 1. The molecule has 1 saturated heterocycles. The quantitative estimate of drug-likeness (QED) is 0.738. The normalized spacial score (nSPS) is 20.1. The number of alkyl halides is 3. The summed E-state index contributed by atoms with van der Waals surface area (Å²) in [6, 6.07) is 3.56. The van der Waals surface area contributed by atoms with Gasteiger partial charge in [0.2, 0.25) is 5.91 Å². The highest BCUT2D eigenvalue weighted by Crippen LogP contribution is 2.34. The maximum atomic E-state index is 12.4. The second-order valence-corrected chi connectivity index (χ2v) is 7.55. The summed E-state index contributed by atoms with van der Waals surface area (Å²) in [7, 11) is 0. The lowest BCUT2D eigenvalue weighted by atomic mass is 9.96. The van der Waals surface area contributed by atoms with E-state index in [1.165, 1.54) is 0 Å². The first-order chi connectivity index (χ1) is 14.3. The van der Waals surface area contributed by atoms with Gasteiger partial charge in [0, 0.05) is 31.5 Å². The Morgan fingerprint density at radius 2 is 1.97 bits per heavy atom. The van der Waals surface area contributed by atoms with E-state index in [1.807, 2.05) is 20.8 Å². The van der Waals surface area contributed by atoms with Crippen molar-refractivity contribution in [2.75, 3.05) is 18.4 Å². The zero-order valence-corrected chi connectivity index (χ0v) is 17.2. The van der Waals surface area contributed by atoms with Crippen LogP contribution in [-0.2, 0) is 19.2 Å². The van der Waals surface area contributed by atoms with Gasteiger partial charge in [-0.1, -0.05) is 19.0 Å². The second-order valence-electron chi connectivity index (χ2n) is 7.55. The molecule has 2 aliphatic rings. The van der Waals surface area contributed by atoms with Crippen molar-refractivity contribution in [3.63, 3.8) is 0 Å². The van der Waals surface area contributed by atoms with Crippen LogP contribution in [-0.4, -0.2) is 63.4 Å². The van der Waals surface area contributed by atoms with E-state index in [-0.39, 0.29) is 17.7 Å². The first kappa shape index (κ1) is 24.1. The largest absolute Gasteiger partial charge is 0.490 e. The lowest BCUT2D eigenvalue weighted by Crippen LogP contribution is -2.38. The number of pyridine rings is 1. The molecule has 0 aromatic carbocycles. The molecule has 1 aromatic rings. The van der Waals surface area contributed by atoms with Crippen molar-refractivity contribution >= 4 is 29.2 Å². The van der Waals surface area contributed by atoms with Gasteiger partial charge in [0.15, 0.2) is 5.60 Å². The Labute approximate surface area is 176 Å². The van der Waals surface area contributed by atoms with Gasteiger partial charge in [0.1, 0.15) is 5.71 Å². The van der Waals surface area contributed by atoms with E-state index >= 15 is 0 Å². The van der Waals surface area contributed by atoms with Gasteiger partial charge in [0.05, 0.1) is 17.9 Å². The van der Waals surface area contributed by atoms with Crippen LogP contribution >= 0.6 is 0 Å². The summed E-state index contributed by atoms with van der Waals surface area (Å²) in [6.07, 6.45) is -2.30. The fourth-order valence-corrected chi connectivity index (χ4v) is 3.07. The van der Waals surface area contributed by atoms with Crippen LogP contribution in [0.25, 0.3) is 0 Å². The third kappa shape index (κ3) is 6.15. The predicted molar refractivity (Wildman–Crippen MR) is 103 cm³/mol. The Hall–Kier alpha value is -3.18. The Bertz CT molecular complexity index is 888. The number of aromatic nitrogens is 1. The zero-order valence-electron chi connectivity index (χ0n) is 17.2. The molecule has 1 atom stereocenters. The molecule has 2 N–H and O–H groups in total. The number of carbonyl (C=O) groups is 3. The fraction of sp³-hybridized carbons (Fsp3) is 0.526. The molecule has 31 heavy (non-hydrogen) atoms. The summed E-state index contributed by atoms with van der Waals surface area (Å²) in [5.41, 5.74) is 1.21. The third-order valence-electron chi connectivity index (χ3n) is 4.72. The molecule has 2 amide bonds. The van der Waals surface area contributed by atoms with E-state index in [0.29, 0.717) is 37.3 Å². The van der Waals surface area contributed by atoms with Gasteiger partial charge in [0.25, 0.3) is 5.91 Å². The van der Waals surface area contributed by atoms with Gasteiger partial charge in [-0.2, -0.15) is 13.2 Å². The highest BCUT2D eigenvalue weighted by molar-refractivity contribution is 6.43. The van der Waals surface area contributed by atoms with Gasteiger partial charge in [-0.05, 0) is 19.1 Å². The van der Waals surface area contributed by atoms with Crippen molar-refractivity contribution in [3.8, 4) is 0 Å². The van der Waals surface area contributed by atoms with Crippen molar-refractivity contribution in [1.82, 2.24) is 9.88 Å². The molecule has 0 aliphatic carbocycles. The summed E-state index contributed by atoms with van der Waals surface area (Å²) in [5.74, 6) is -2.97. The molecule has 1 fully saturated rings. The highest BCUT2D eigenvalue weighted by atomic mass is 19.4. The minimum Gasteiger partial charge on any atom is -0.475 e. The summed E-state index contributed by atoms with van der Waals surface area (Å²) in [6.45, 7) is 6.72. The topological polar surface area (TPSA) is 121 Å². The van der Waals surface area contributed by atoms with Crippen LogP contribution in [0.15, 0.2) is 23.5 Å². The number of carboxylic acids is 1. The molecule has 1 aromatic heterocycles. The molecule has 0 radical (unpaired) electrons. The molecule has 1 unspecified atom stereocenters. The smallest absolute Gasteiger partial charge is 0.475 e. The first-order valence-electron chi connectivity index (χ1n) is 9.41. The number of aliphatic carboxylic acids is 1. The third-order valence-corrected chi connectivity index (χ3v) is 4.72. The summed E-state index contributed by atoms with van der Waals surface area (Å²) in [5, 5.41) is 13.9. The SMILES string of the molecule is Cc1ncccc1NC(=O)C1=NOC2(CCN(C(=O)C(C)C)C2)C1.O=C(O)C(F)(F)F. The van der Waals surface area contributed by atoms with Gasteiger partial charge < -0.3 is 20.2 Å². The number of carboxylic acid groups (broad SMARTS) is 1. The molecule has 1 spiro atoms. The van der Waals surface area contributed by atoms with E-state index in [0.717, 1.165) is 5.69 Å². The number of rotatable bonds is 3. The van der Waals surface area contributed by atoms with Crippen LogP contribution in [0.3, 0.4) is 0 Å². The average Bonchev–Trinajstić information content (AvgIpc) is 3.30. The number of hydrogen-bond acceptors (Lipinski definition) is 6. The van der Waals surface area contributed by atoms with Crippen LogP contribution in [0.2, 0.25) is 0 Å². The number of carbonyl (C=O) groups excluding carboxylic acids is 2. The number of oxime groups is 1. The lowest BCUT2D eigenvalue weighted by molar-refractivity contribution is -0.192. The molecule has 0 saturated carbocycles. The standard InChI is InChI=1S/C17H22N4O3.C2HF3O2/c1-11(2)16(23)21-8-6-17(10-21)9-14(20-24-17)15(22)19-13-5-4-7-18-12(13)3;3-2(4,5)1(6)7/h4-5,7,11H,6,8-10H2,1-3H3,(H,19,22);(H,6,7). The fourth-order valence-electron chi connectivity index (χ4n) is 3.07. The van der Waals surface area contributed by atoms with Crippen LogP contribution in [0.1, 0.15) is 32.4 Å². The number of amides is 2. The predicted octanol–water partition coefficient (Wildman–Crippen LogP) is 2.37. The van der Waals surface area contributed by atoms with Crippen molar-refractivity contribution in [1.29, 1.82) is 0 Å². The van der Waals surface area contributed by atoms with E-state index in [9.17, 15) is 22.8 Å². The summed E-state index contributed by atoms with van der Waals surface area (Å²) in [4.78, 5) is 44.9. The van der Waals surface area contributed by atoms with Gasteiger partial charge >= 0.3 is 12.1 Å². The van der Waals surface area contributed by atoms with E-state index in [1.54, 1.807) is 23.2 Å². The molecule has 170 valence electrons. The van der Waals surface area contributed by atoms with Crippen LogP contribution in [0.4, 0.5) is 18.9 Å². The van der Waals surface area contributed by atoms with Crippen molar-refractivity contribution in [2.24, 2.45) is 11.1 Å². The minimum absolute atomic E-state index is 0.0428. The van der Waals surface area contributed by atoms with E-state index in [4.69, 9.17) is 14.7 Å².